The number of benzene rings is 2. The third kappa shape index (κ3) is 3.42. The molecule has 160 valence electrons. The summed E-state index contributed by atoms with van der Waals surface area (Å²) in [6.07, 6.45) is 0. The molecule has 4 aromatic rings. The summed E-state index contributed by atoms with van der Waals surface area (Å²) in [6, 6.07) is 13.7. The standard InChI is InChI=1S/C21H21ClN6O2S/c1-2-26-10-12-27(13-11-26)19-17-14-15(22)8-9-18(17)28-20(23-19)21(24-25-28)31(29,30)16-6-4-3-5-7-16/h3-9,14H,2,10-13H2,1H3. The van der Waals surface area contributed by atoms with Gasteiger partial charge in [0.15, 0.2) is 5.65 Å². The Morgan fingerprint density at radius 3 is 2.48 bits per heavy atom. The fourth-order valence-electron chi connectivity index (χ4n) is 3.96. The maximum Gasteiger partial charge on any atom is 0.229 e. The molecular weight excluding hydrogens is 436 g/mol. The van der Waals surface area contributed by atoms with Crippen LogP contribution in [0.4, 0.5) is 5.82 Å². The maximum atomic E-state index is 13.3. The second-order valence-corrected chi connectivity index (χ2v) is 9.77. The number of rotatable bonds is 4. The average Bonchev–Trinajstić information content (AvgIpc) is 3.24. The summed E-state index contributed by atoms with van der Waals surface area (Å²) in [7, 11) is -3.87. The van der Waals surface area contributed by atoms with Crippen molar-refractivity contribution in [2.45, 2.75) is 16.8 Å². The number of anilines is 1. The molecule has 0 bridgehead atoms. The first kappa shape index (κ1) is 20.2. The minimum Gasteiger partial charge on any atom is -0.353 e. The summed E-state index contributed by atoms with van der Waals surface area (Å²) >= 11 is 6.29. The van der Waals surface area contributed by atoms with E-state index < -0.39 is 9.84 Å². The third-order valence-corrected chi connectivity index (χ3v) is 7.58. The molecule has 3 heterocycles. The number of hydrogen-bond acceptors (Lipinski definition) is 7. The third-order valence-electron chi connectivity index (χ3n) is 5.68. The van der Waals surface area contributed by atoms with E-state index in [2.05, 4.69) is 27.0 Å². The van der Waals surface area contributed by atoms with Gasteiger partial charge in [-0.15, -0.1) is 5.10 Å². The van der Waals surface area contributed by atoms with Crippen LogP contribution in [0.15, 0.2) is 58.5 Å². The molecule has 0 amide bonds. The second-order valence-electron chi connectivity index (χ2n) is 7.46. The quantitative estimate of drug-likeness (QED) is 0.466. The summed E-state index contributed by atoms with van der Waals surface area (Å²) in [5, 5.41) is 9.42. The van der Waals surface area contributed by atoms with Crippen molar-refractivity contribution in [3.63, 3.8) is 0 Å². The number of nitrogens with zero attached hydrogens (tertiary/aromatic N) is 6. The molecule has 10 heteroatoms. The van der Waals surface area contributed by atoms with Crippen molar-refractivity contribution in [3.05, 3.63) is 53.6 Å². The van der Waals surface area contributed by atoms with Crippen LogP contribution in [0.2, 0.25) is 5.02 Å². The smallest absolute Gasteiger partial charge is 0.229 e. The van der Waals surface area contributed by atoms with Crippen LogP contribution >= 0.6 is 11.6 Å². The average molecular weight is 457 g/mol. The first-order chi connectivity index (χ1) is 15.0. The predicted molar refractivity (Wildman–Crippen MR) is 120 cm³/mol. The van der Waals surface area contributed by atoms with Crippen molar-refractivity contribution in [2.24, 2.45) is 0 Å². The highest BCUT2D eigenvalue weighted by Crippen LogP contribution is 2.32. The fourth-order valence-corrected chi connectivity index (χ4v) is 5.38. The predicted octanol–water partition coefficient (Wildman–Crippen LogP) is 2.91. The first-order valence-corrected chi connectivity index (χ1v) is 12.0. The van der Waals surface area contributed by atoms with Crippen LogP contribution in [-0.2, 0) is 9.84 Å². The van der Waals surface area contributed by atoms with Crippen molar-refractivity contribution < 1.29 is 8.42 Å². The number of sulfone groups is 1. The first-order valence-electron chi connectivity index (χ1n) is 10.1. The monoisotopic (exact) mass is 456 g/mol. The summed E-state index contributed by atoms with van der Waals surface area (Å²) in [5.41, 5.74) is 0.927. The minimum atomic E-state index is -3.87. The summed E-state index contributed by atoms with van der Waals surface area (Å²) < 4.78 is 28.0. The Morgan fingerprint density at radius 1 is 1.03 bits per heavy atom. The largest absolute Gasteiger partial charge is 0.353 e. The Kier molecular flexibility index (Phi) is 5.04. The molecule has 0 saturated carbocycles. The van der Waals surface area contributed by atoms with Crippen LogP contribution in [0.3, 0.4) is 0 Å². The van der Waals surface area contributed by atoms with E-state index in [0.29, 0.717) is 16.4 Å². The maximum absolute atomic E-state index is 13.3. The van der Waals surface area contributed by atoms with E-state index in [4.69, 9.17) is 16.6 Å². The lowest BCUT2D eigenvalue weighted by molar-refractivity contribution is 0.271. The van der Waals surface area contributed by atoms with E-state index in [1.165, 1.54) is 4.52 Å². The van der Waals surface area contributed by atoms with Crippen molar-refractivity contribution in [3.8, 4) is 0 Å². The summed E-state index contributed by atoms with van der Waals surface area (Å²) in [6.45, 7) is 6.56. The fraction of sp³-hybridized carbons (Fsp3) is 0.286. The van der Waals surface area contributed by atoms with Gasteiger partial charge in [-0.3, -0.25) is 0 Å². The van der Waals surface area contributed by atoms with Crippen LogP contribution in [-0.4, -0.2) is 65.9 Å². The number of likely N-dealkylation sites (N-methyl/N-ethyl adjacent to an activating group) is 1. The van der Waals surface area contributed by atoms with Crippen molar-refractivity contribution in [2.75, 3.05) is 37.6 Å². The molecule has 0 atom stereocenters. The molecule has 2 aromatic carbocycles. The summed E-state index contributed by atoms with van der Waals surface area (Å²) in [5.74, 6) is 0.701. The zero-order chi connectivity index (χ0) is 21.6. The topological polar surface area (TPSA) is 83.7 Å². The number of hydrogen-bond donors (Lipinski definition) is 0. The molecule has 1 fully saturated rings. The number of aromatic nitrogens is 4. The molecule has 5 rings (SSSR count). The molecule has 0 radical (unpaired) electrons. The van der Waals surface area contributed by atoms with Gasteiger partial charge in [-0.25, -0.2) is 13.4 Å². The SMILES string of the molecule is CCN1CCN(c2nc3c(S(=O)(=O)c4ccccc4)nnn3c3ccc(Cl)cc23)CC1. The molecule has 2 aromatic heterocycles. The Hall–Kier alpha value is -2.75. The number of fused-ring (bicyclic) bond motifs is 3. The van der Waals surface area contributed by atoms with E-state index >= 15 is 0 Å². The van der Waals surface area contributed by atoms with E-state index in [0.717, 1.165) is 38.1 Å². The normalized spacial score (nSPS) is 15.7. The van der Waals surface area contributed by atoms with Crippen molar-refractivity contribution in [1.29, 1.82) is 0 Å². The molecule has 0 N–H and O–H groups in total. The van der Waals surface area contributed by atoms with E-state index in [-0.39, 0.29) is 15.6 Å². The molecule has 8 nitrogen and oxygen atoms in total. The van der Waals surface area contributed by atoms with Gasteiger partial charge in [0.05, 0.1) is 10.4 Å². The lowest BCUT2D eigenvalue weighted by Gasteiger charge is -2.35. The van der Waals surface area contributed by atoms with Gasteiger partial charge in [0.1, 0.15) is 5.82 Å². The minimum absolute atomic E-state index is 0.149. The van der Waals surface area contributed by atoms with E-state index in [1.807, 2.05) is 12.1 Å². The lowest BCUT2D eigenvalue weighted by atomic mass is 10.2. The van der Waals surface area contributed by atoms with Gasteiger partial charge >= 0.3 is 0 Å². The highest BCUT2D eigenvalue weighted by molar-refractivity contribution is 7.91. The molecule has 1 aliphatic heterocycles. The van der Waals surface area contributed by atoms with Crippen LogP contribution in [0.25, 0.3) is 16.6 Å². The Bertz CT molecular complexity index is 1370. The van der Waals surface area contributed by atoms with E-state index in [9.17, 15) is 8.42 Å². The molecule has 0 aliphatic carbocycles. The Morgan fingerprint density at radius 2 is 1.77 bits per heavy atom. The van der Waals surface area contributed by atoms with Gasteiger partial charge in [0, 0.05) is 36.6 Å². The highest BCUT2D eigenvalue weighted by atomic mass is 35.5. The van der Waals surface area contributed by atoms with Crippen LogP contribution in [0.5, 0.6) is 0 Å². The van der Waals surface area contributed by atoms with Crippen LogP contribution in [0, 0.1) is 0 Å². The number of piperazine rings is 1. The molecule has 1 saturated heterocycles. The van der Waals surface area contributed by atoms with Crippen molar-refractivity contribution >= 4 is 43.8 Å². The molecular formula is C21H21ClN6O2S. The molecule has 1 aliphatic rings. The highest BCUT2D eigenvalue weighted by Gasteiger charge is 2.28. The summed E-state index contributed by atoms with van der Waals surface area (Å²) in [4.78, 5) is 9.49. The van der Waals surface area contributed by atoms with Gasteiger partial charge < -0.3 is 9.80 Å². The van der Waals surface area contributed by atoms with Gasteiger partial charge in [-0.2, -0.15) is 4.52 Å². The number of halogens is 1. The molecule has 0 unspecified atom stereocenters. The Balaban J connectivity index is 1.73. The van der Waals surface area contributed by atoms with Gasteiger partial charge in [0.25, 0.3) is 0 Å². The Labute approximate surface area is 185 Å². The zero-order valence-electron chi connectivity index (χ0n) is 16.9. The van der Waals surface area contributed by atoms with Crippen LogP contribution < -0.4 is 4.90 Å². The van der Waals surface area contributed by atoms with Crippen molar-refractivity contribution in [1.82, 2.24) is 24.7 Å². The van der Waals surface area contributed by atoms with E-state index in [1.54, 1.807) is 36.4 Å². The molecule has 31 heavy (non-hydrogen) atoms. The second kappa shape index (κ2) is 7.74. The van der Waals surface area contributed by atoms with Gasteiger partial charge in [0.2, 0.25) is 14.9 Å². The molecule has 0 spiro atoms. The van der Waals surface area contributed by atoms with Gasteiger partial charge in [-0.1, -0.05) is 41.9 Å². The van der Waals surface area contributed by atoms with Gasteiger partial charge in [-0.05, 0) is 36.9 Å². The lowest BCUT2D eigenvalue weighted by Crippen LogP contribution is -2.46. The zero-order valence-corrected chi connectivity index (χ0v) is 18.5. The van der Waals surface area contributed by atoms with Crippen LogP contribution in [0.1, 0.15) is 6.92 Å².